The fourth-order valence-corrected chi connectivity index (χ4v) is 12.1. The lowest BCUT2D eigenvalue weighted by atomic mass is 9.79. The maximum atomic E-state index is 14.9. The number of phenols is 2. The van der Waals surface area contributed by atoms with Gasteiger partial charge in [-0.3, -0.25) is 33.7 Å². The Labute approximate surface area is 453 Å². The van der Waals surface area contributed by atoms with E-state index in [0.717, 1.165) is 17.6 Å². The van der Waals surface area contributed by atoms with Gasteiger partial charge in [-0.2, -0.15) is 0 Å². The average Bonchev–Trinajstić information content (AvgIpc) is 4.27. The summed E-state index contributed by atoms with van der Waals surface area (Å²) in [5, 5.41) is 51.1. The van der Waals surface area contributed by atoms with Crippen molar-refractivity contribution >= 4 is 51.1 Å². The Kier molecular flexibility index (Phi) is 15.6. The van der Waals surface area contributed by atoms with E-state index < -0.39 is 88.7 Å². The maximum Gasteiger partial charge on any atom is 0.326 e. The molecule has 6 N–H and O–H groups in total. The van der Waals surface area contributed by atoms with Gasteiger partial charge in [0.2, 0.25) is 5.91 Å². The number of likely N-dealkylation sites (tertiary alicyclic amines) is 2. The van der Waals surface area contributed by atoms with E-state index in [9.17, 15) is 44.4 Å². The van der Waals surface area contributed by atoms with Crippen molar-refractivity contribution in [3.63, 3.8) is 0 Å². The molecular weight excluding hydrogens is 999 g/mol. The Morgan fingerprint density at radius 1 is 0.897 bits per heavy atom. The van der Waals surface area contributed by atoms with Crippen molar-refractivity contribution in [3.05, 3.63) is 92.7 Å². The molecule has 6 aliphatic heterocycles. The van der Waals surface area contributed by atoms with Crippen LogP contribution in [0.2, 0.25) is 0 Å². The zero-order valence-corrected chi connectivity index (χ0v) is 46.3. The van der Waals surface area contributed by atoms with Gasteiger partial charge in [0.25, 0.3) is 11.7 Å². The molecular formula is C59H75N7O12. The first-order chi connectivity index (χ1) is 37.0. The number of nitrogens with one attached hydrogen (secondary N) is 2. The van der Waals surface area contributed by atoms with Gasteiger partial charge in [-0.1, -0.05) is 71.9 Å². The predicted molar refractivity (Wildman–Crippen MR) is 292 cm³/mol. The van der Waals surface area contributed by atoms with Crippen molar-refractivity contribution in [2.24, 2.45) is 45.5 Å². The van der Waals surface area contributed by atoms with E-state index in [4.69, 9.17) is 24.2 Å². The highest BCUT2D eigenvalue weighted by Gasteiger charge is 2.50. The molecule has 2 saturated heterocycles. The Morgan fingerprint density at radius 2 is 1.58 bits per heavy atom. The summed E-state index contributed by atoms with van der Waals surface area (Å²) in [6, 6.07) is 7.31. The first-order valence-electron chi connectivity index (χ1n) is 27.5. The van der Waals surface area contributed by atoms with Gasteiger partial charge in [-0.25, -0.2) is 4.79 Å². The fourth-order valence-electron chi connectivity index (χ4n) is 12.1. The lowest BCUT2D eigenvalue weighted by Gasteiger charge is -2.37. The van der Waals surface area contributed by atoms with Crippen LogP contribution in [0.5, 0.6) is 17.2 Å². The topological polar surface area (TPSA) is 258 Å². The number of aliphatic hydroxyl groups excluding tert-OH is 2. The number of piperidine rings is 2. The number of amides is 2. The fraction of sp³-hybridized carbons (Fsp3) is 0.542. The molecule has 3 aromatic carbocycles. The van der Waals surface area contributed by atoms with E-state index in [1.165, 1.54) is 20.1 Å². The lowest BCUT2D eigenvalue weighted by Crippen LogP contribution is -2.47. The van der Waals surface area contributed by atoms with Crippen molar-refractivity contribution in [2.75, 3.05) is 38.0 Å². The van der Waals surface area contributed by atoms with Crippen LogP contribution < -0.4 is 26.5 Å². The Hall–Kier alpha value is -6.83. The van der Waals surface area contributed by atoms with Crippen molar-refractivity contribution in [1.82, 2.24) is 19.4 Å². The molecule has 19 heteroatoms. The molecule has 5 bridgehead atoms. The second kappa shape index (κ2) is 21.8. The Bertz CT molecular complexity index is 3320. The Morgan fingerprint density at radius 3 is 2.27 bits per heavy atom. The number of Topliss-reactive ketones (excluding diaryl/α,β-unsaturated/α-hetero) is 1. The molecule has 418 valence electrons. The molecule has 10 rings (SSSR count). The Balaban J connectivity index is 1.02. The summed E-state index contributed by atoms with van der Waals surface area (Å²) < 4.78 is 20.5. The molecule has 1 aromatic heterocycles. The number of aromatic amines is 1. The number of ether oxygens (including phenoxy) is 3. The van der Waals surface area contributed by atoms with Gasteiger partial charge in [0.05, 0.1) is 45.8 Å². The zero-order valence-electron chi connectivity index (χ0n) is 46.3. The first-order valence-corrected chi connectivity index (χ1v) is 27.5. The van der Waals surface area contributed by atoms with E-state index in [2.05, 4.69) is 29.0 Å². The second-order valence-electron chi connectivity index (χ2n) is 23.1. The van der Waals surface area contributed by atoms with E-state index in [1.54, 1.807) is 68.4 Å². The number of aromatic nitrogens is 2. The number of benzene rings is 3. The van der Waals surface area contributed by atoms with Crippen LogP contribution in [0.1, 0.15) is 116 Å². The molecule has 0 aliphatic carbocycles. The number of rotatable bonds is 6. The number of anilines is 1. The number of hydrogen-bond donors (Lipinski definition) is 6. The number of carbonyl (C=O) groups is 4. The zero-order chi connectivity index (χ0) is 56.3. The number of H-pyrrole nitrogens is 1. The van der Waals surface area contributed by atoms with E-state index in [1.807, 2.05) is 31.2 Å². The number of carbonyl (C=O) groups excluding carboxylic acids is 4. The molecule has 19 nitrogen and oxygen atoms in total. The molecule has 4 aromatic rings. The normalized spacial score (nSPS) is 29.1. The number of imidazole rings is 1. The lowest BCUT2D eigenvalue weighted by molar-refractivity contribution is -0.168. The SMILES string of the molecule is C/C1=C/C=C/[C@H](C)[C@H](O)[C@@H](C)C(O)[C@@H](C)C(OC(=O)C(C)C(=O)N2CCC(n3c(=O)[nH]c4ccccc43)CC2)[C@H](C)C/C=C/OC2(C)Oc3c(C)c(O)c4c(O)c(c5c(c4c3C2=O)=NC2(CCN(CC(C)C)CC2)N=5)NC1=O. The summed E-state index contributed by atoms with van der Waals surface area (Å²) in [7, 11) is 0. The number of phenolic OH excluding ortho intramolecular Hbond substituents is 2. The van der Waals surface area contributed by atoms with E-state index >= 15 is 0 Å². The van der Waals surface area contributed by atoms with Crippen LogP contribution in [0, 0.1) is 42.4 Å². The molecule has 78 heavy (non-hydrogen) atoms. The van der Waals surface area contributed by atoms with Crippen LogP contribution in [0.4, 0.5) is 5.69 Å². The first kappa shape index (κ1) is 55.9. The highest BCUT2D eigenvalue weighted by atomic mass is 16.7. The summed E-state index contributed by atoms with van der Waals surface area (Å²) >= 11 is 0. The van der Waals surface area contributed by atoms with Crippen LogP contribution >= 0.6 is 0 Å². The number of esters is 1. The van der Waals surface area contributed by atoms with Crippen LogP contribution in [0.3, 0.4) is 0 Å². The number of ketones is 1. The average molecular weight is 1070 g/mol. The summed E-state index contributed by atoms with van der Waals surface area (Å²) in [4.78, 5) is 87.4. The number of para-hydroxylation sites is 2. The molecule has 2 amide bonds. The molecule has 7 heterocycles. The number of fused-ring (bicyclic) bond motifs is 14. The van der Waals surface area contributed by atoms with Crippen molar-refractivity contribution in [2.45, 2.75) is 137 Å². The monoisotopic (exact) mass is 1070 g/mol. The van der Waals surface area contributed by atoms with Gasteiger partial charge >= 0.3 is 17.4 Å². The van der Waals surface area contributed by atoms with Crippen LogP contribution in [-0.2, 0) is 23.9 Å². The minimum Gasteiger partial charge on any atom is -0.507 e. The van der Waals surface area contributed by atoms with Crippen molar-refractivity contribution in [3.8, 4) is 17.2 Å². The van der Waals surface area contributed by atoms with Crippen LogP contribution in [0.25, 0.3) is 21.8 Å². The largest absolute Gasteiger partial charge is 0.507 e. The highest BCUT2D eigenvalue weighted by molar-refractivity contribution is 6.19. The third-order valence-electron chi connectivity index (χ3n) is 16.9. The molecule has 4 unspecified atom stereocenters. The number of nitrogens with zero attached hydrogens (tertiary/aromatic N) is 5. The van der Waals surface area contributed by atoms with Crippen molar-refractivity contribution < 1.29 is 53.8 Å². The quantitative estimate of drug-likeness (QED) is 0.0710. The molecule has 9 atom stereocenters. The molecule has 0 radical (unpaired) electrons. The summed E-state index contributed by atoms with van der Waals surface area (Å²) in [5.74, 6) is -8.64. The molecule has 1 spiro atoms. The van der Waals surface area contributed by atoms with E-state index in [0.29, 0.717) is 57.8 Å². The minimum absolute atomic E-state index is 0.0240. The van der Waals surface area contributed by atoms with Crippen LogP contribution in [0.15, 0.2) is 75.2 Å². The maximum absolute atomic E-state index is 14.9. The smallest absolute Gasteiger partial charge is 0.326 e. The van der Waals surface area contributed by atoms with Gasteiger partial charge in [-0.05, 0) is 70.1 Å². The van der Waals surface area contributed by atoms with Gasteiger partial charge in [-0.15, -0.1) is 0 Å². The number of allylic oxidation sites excluding steroid dienone is 3. The minimum atomic E-state index is -1.98. The van der Waals surface area contributed by atoms with Gasteiger partial charge < -0.3 is 54.7 Å². The van der Waals surface area contributed by atoms with Gasteiger partial charge in [0.1, 0.15) is 34.6 Å². The number of aromatic hydroxyl groups is 2. The van der Waals surface area contributed by atoms with Crippen LogP contribution in [-0.4, -0.2) is 126 Å². The molecule has 6 aliphatic rings. The summed E-state index contributed by atoms with van der Waals surface area (Å²) in [5.41, 5.74) is 0.637. The standard InChI is InChI=1S/C59H75N7O12/c1-30(2)29-64-26-22-59(23-27-64)62-44-41-42-49(69)36(8)52-43(41)53(71)58(10,78-52)76-28-14-17-32(4)51(35(7)48(68)34(6)47(67)31(3)15-13-16-33(5)54(72)61-46(50(42)70)45(44)63-59)77-56(74)37(9)55(73)65-24-20-38(21-25-65)66-40-19-12-11-18-39(40)60-57(66)75/h11-16,18-19,28,30-32,34-35,37-38,47-48,51,67-70H,17,20-27,29H2,1-10H3,(H,60,75)(H,61,72)/b15-13+,28-14+,33-16-/t31-,32+,34+,35+,37?,47-,48?,51?,58?/m0/s1. The highest BCUT2D eigenvalue weighted by Crippen LogP contribution is 2.50. The number of hydrogen-bond acceptors (Lipinski definition) is 15. The third kappa shape index (κ3) is 10.2. The second-order valence-corrected chi connectivity index (χ2v) is 23.1. The molecule has 0 saturated carbocycles. The predicted octanol–water partition coefficient (Wildman–Crippen LogP) is 6.25. The summed E-state index contributed by atoms with van der Waals surface area (Å²) in [6.07, 6.45) is 6.75. The van der Waals surface area contributed by atoms with Gasteiger partial charge in [0.15, 0.2) is 11.4 Å². The van der Waals surface area contributed by atoms with Gasteiger partial charge in [0, 0.05) is 92.8 Å². The van der Waals surface area contributed by atoms with E-state index in [-0.39, 0.29) is 73.5 Å². The van der Waals surface area contributed by atoms with Crippen molar-refractivity contribution in [1.29, 1.82) is 0 Å². The third-order valence-corrected chi connectivity index (χ3v) is 16.9. The number of aliphatic hydroxyl groups is 2. The molecule has 2 fully saturated rings. The summed E-state index contributed by atoms with van der Waals surface area (Å²) in [6.45, 7) is 20.3.